The zero-order valence-electron chi connectivity index (χ0n) is 15.3. The zero-order valence-corrected chi connectivity index (χ0v) is 15.3. The maximum Gasteiger partial charge on any atom is 0.252 e. The van der Waals surface area contributed by atoms with Gasteiger partial charge < -0.3 is 21.8 Å². The number of primary amides is 1. The molecule has 3 rings (SSSR count). The molecule has 1 heterocycles. The van der Waals surface area contributed by atoms with E-state index in [0.717, 1.165) is 38.0 Å². The third-order valence-corrected chi connectivity index (χ3v) is 4.41. The zero-order chi connectivity index (χ0) is 19.9. The average molecular weight is 383 g/mol. The first-order chi connectivity index (χ1) is 13.6. The molecule has 1 aliphatic rings. The summed E-state index contributed by atoms with van der Waals surface area (Å²) < 4.78 is 14.5. The Morgan fingerprint density at radius 1 is 1.32 bits per heavy atom. The Morgan fingerprint density at radius 2 is 2.11 bits per heavy atom. The van der Waals surface area contributed by atoms with E-state index >= 15 is 0 Å². The van der Waals surface area contributed by atoms with Crippen molar-refractivity contribution in [3.63, 3.8) is 0 Å². The Labute approximate surface area is 162 Å². The van der Waals surface area contributed by atoms with E-state index in [-0.39, 0.29) is 29.8 Å². The number of rotatable bonds is 8. The Bertz CT molecular complexity index is 894. The largest absolute Gasteiger partial charge is 0.367 e. The molecule has 2 aromatic rings. The van der Waals surface area contributed by atoms with Gasteiger partial charge in [0, 0.05) is 17.9 Å². The molecule has 0 spiro atoms. The molecule has 0 radical (unpaired) electrons. The second-order valence-corrected chi connectivity index (χ2v) is 6.51. The van der Waals surface area contributed by atoms with Crippen molar-refractivity contribution in [1.82, 2.24) is 4.98 Å². The van der Waals surface area contributed by atoms with Crippen LogP contribution in [0.1, 0.15) is 36.0 Å². The maximum atomic E-state index is 14.5. The molecule has 9 heteroatoms. The molecule has 1 aliphatic carbocycles. The molecule has 5 N–H and O–H groups in total. The highest BCUT2D eigenvalue weighted by Gasteiger charge is 2.21. The second-order valence-electron chi connectivity index (χ2n) is 6.51. The molecular weight excluding hydrogens is 361 g/mol. The lowest BCUT2D eigenvalue weighted by atomic mass is 10.2. The van der Waals surface area contributed by atoms with Gasteiger partial charge in [-0.1, -0.05) is 18.9 Å². The standard InChI is InChI=1S/C19H22FN7O/c20-16-11-15(17(22)28)18(24-12-4-1-2-5-12)26-19(16)25-13-6-3-7-14(10-13)27-23-9-8-21/h3,6-8,10-12,21H,1-2,4-5,9H2,(H2,22,28)(H2,24,25,26). The normalized spacial score (nSPS) is 14.3. The molecule has 1 amide bonds. The number of carbonyl (C=O) groups excluding carboxylic acids is 1. The minimum absolute atomic E-state index is 0.0147. The van der Waals surface area contributed by atoms with Gasteiger partial charge in [-0.05, 0) is 37.1 Å². The van der Waals surface area contributed by atoms with Gasteiger partial charge in [0.25, 0.3) is 5.91 Å². The second kappa shape index (κ2) is 9.03. The Morgan fingerprint density at radius 3 is 2.82 bits per heavy atom. The molecule has 1 fully saturated rings. The lowest BCUT2D eigenvalue weighted by Gasteiger charge is -2.17. The number of nitrogens with zero attached hydrogens (tertiary/aromatic N) is 3. The van der Waals surface area contributed by atoms with Crippen molar-refractivity contribution >= 4 is 35.1 Å². The fraction of sp³-hybridized carbons (Fsp3) is 0.316. The molecular formula is C19H22FN7O. The lowest BCUT2D eigenvalue weighted by Crippen LogP contribution is -2.22. The van der Waals surface area contributed by atoms with Crippen molar-refractivity contribution in [2.24, 2.45) is 16.0 Å². The highest BCUT2D eigenvalue weighted by molar-refractivity contribution is 5.98. The number of hydrogen-bond donors (Lipinski definition) is 4. The van der Waals surface area contributed by atoms with Gasteiger partial charge in [0.1, 0.15) is 5.82 Å². The number of benzene rings is 1. The minimum atomic E-state index is -0.730. The number of azo groups is 1. The molecule has 0 unspecified atom stereocenters. The molecule has 1 aromatic carbocycles. The first kappa shape index (κ1) is 19.4. The van der Waals surface area contributed by atoms with Crippen molar-refractivity contribution in [3.8, 4) is 0 Å². The number of halogens is 1. The van der Waals surface area contributed by atoms with E-state index in [1.54, 1.807) is 24.3 Å². The molecule has 1 saturated carbocycles. The van der Waals surface area contributed by atoms with Crippen LogP contribution in [0.15, 0.2) is 40.6 Å². The molecule has 28 heavy (non-hydrogen) atoms. The van der Waals surface area contributed by atoms with Crippen molar-refractivity contribution in [1.29, 1.82) is 5.41 Å². The summed E-state index contributed by atoms with van der Waals surface area (Å²) in [4.78, 5) is 16.0. The predicted molar refractivity (Wildman–Crippen MR) is 106 cm³/mol. The number of pyridine rings is 1. The van der Waals surface area contributed by atoms with Crippen molar-refractivity contribution in [2.75, 3.05) is 17.2 Å². The monoisotopic (exact) mass is 383 g/mol. The van der Waals surface area contributed by atoms with Gasteiger partial charge in [0.2, 0.25) is 0 Å². The van der Waals surface area contributed by atoms with Crippen LogP contribution in [-0.4, -0.2) is 29.7 Å². The smallest absolute Gasteiger partial charge is 0.252 e. The highest BCUT2D eigenvalue weighted by atomic mass is 19.1. The van der Waals surface area contributed by atoms with Crippen LogP contribution < -0.4 is 16.4 Å². The van der Waals surface area contributed by atoms with Crippen LogP contribution in [0.4, 0.5) is 27.4 Å². The molecule has 1 aromatic heterocycles. The summed E-state index contributed by atoms with van der Waals surface area (Å²) in [7, 11) is 0. The highest BCUT2D eigenvalue weighted by Crippen LogP contribution is 2.28. The summed E-state index contributed by atoms with van der Waals surface area (Å²) in [5, 5.41) is 20.9. The summed E-state index contributed by atoms with van der Waals surface area (Å²) in [6.45, 7) is 0.193. The molecule has 0 bridgehead atoms. The Kier molecular flexibility index (Phi) is 6.25. The average Bonchev–Trinajstić information content (AvgIpc) is 3.18. The number of amides is 1. The van der Waals surface area contributed by atoms with Gasteiger partial charge in [-0.25, -0.2) is 9.37 Å². The Balaban J connectivity index is 1.86. The van der Waals surface area contributed by atoms with Crippen LogP contribution in [0.5, 0.6) is 0 Å². The van der Waals surface area contributed by atoms with Gasteiger partial charge in [-0.2, -0.15) is 10.2 Å². The quantitative estimate of drug-likeness (QED) is 0.403. The Hall–Kier alpha value is -3.36. The number of anilines is 3. The van der Waals surface area contributed by atoms with E-state index in [4.69, 9.17) is 11.1 Å². The van der Waals surface area contributed by atoms with E-state index in [2.05, 4.69) is 25.8 Å². The lowest BCUT2D eigenvalue weighted by molar-refractivity contribution is 0.100. The van der Waals surface area contributed by atoms with Gasteiger partial charge >= 0.3 is 0 Å². The topological polar surface area (TPSA) is 129 Å². The first-order valence-corrected chi connectivity index (χ1v) is 9.07. The maximum absolute atomic E-state index is 14.5. The van der Waals surface area contributed by atoms with Crippen LogP contribution >= 0.6 is 0 Å². The van der Waals surface area contributed by atoms with Gasteiger partial charge in [-0.3, -0.25) is 4.79 Å². The fourth-order valence-corrected chi connectivity index (χ4v) is 3.08. The third-order valence-electron chi connectivity index (χ3n) is 4.41. The molecule has 8 nitrogen and oxygen atoms in total. The summed E-state index contributed by atoms with van der Waals surface area (Å²) in [6.07, 6.45) is 5.31. The van der Waals surface area contributed by atoms with Crippen LogP contribution in [0.2, 0.25) is 0 Å². The van der Waals surface area contributed by atoms with E-state index < -0.39 is 11.7 Å². The molecule has 0 saturated heterocycles. The van der Waals surface area contributed by atoms with E-state index in [0.29, 0.717) is 11.4 Å². The van der Waals surface area contributed by atoms with Crippen LogP contribution in [0.3, 0.4) is 0 Å². The van der Waals surface area contributed by atoms with Gasteiger partial charge in [0.15, 0.2) is 11.6 Å². The fourth-order valence-electron chi connectivity index (χ4n) is 3.08. The summed E-state index contributed by atoms with van der Waals surface area (Å²) in [5.74, 6) is -1.14. The van der Waals surface area contributed by atoms with E-state index in [1.165, 1.54) is 0 Å². The molecule has 0 aliphatic heterocycles. The van der Waals surface area contributed by atoms with E-state index in [1.807, 2.05) is 0 Å². The van der Waals surface area contributed by atoms with Crippen LogP contribution in [-0.2, 0) is 0 Å². The predicted octanol–water partition coefficient (Wildman–Crippen LogP) is 4.15. The first-order valence-electron chi connectivity index (χ1n) is 9.07. The minimum Gasteiger partial charge on any atom is -0.367 e. The molecule has 146 valence electrons. The van der Waals surface area contributed by atoms with Gasteiger partial charge in [-0.15, -0.1) is 0 Å². The summed E-state index contributed by atoms with van der Waals surface area (Å²) in [6, 6.07) is 8.20. The van der Waals surface area contributed by atoms with Crippen molar-refractivity contribution < 1.29 is 9.18 Å². The summed E-state index contributed by atoms with van der Waals surface area (Å²) in [5.41, 5.74) is 6.55. The van der Waals surface area contributed by atoms with Crippen molar-refractivity contribution in [3.05, 3.63) is 41.7 Å². The van der Waals surface area contributed by atoms with Crippen LogP contribution in [0.25, 0.3) is 0 Å². The number of hydrogen-bond acceptors (Lipinski definition) is 7. The van der Waals surface area contributed by atoms with Gasteiger partial charge in [0.05, 0.1) is 17.8 Å². The number of carbonyl (C=O) groups is 1. The van der Waals surface area contributed by atoms with Crippen molar-refractivity contribution in [2.45, 2.75) is 31.7 Å². The number of nitrogens with two attached hydrogens (primary N) is 1. The SMILES string of the molecule is N=CCN=Nc1cccc(Nc2nc(NC3CCCC3)c(C(N)=O)cc2F)c1. The molecule has 0 atom stereocenters. The number of nitrogens with one attached hydrogen (secondary N) is 3. The van der Waals surface area contributed by atoms with Crippen LogP contribution in [0, 0.1) is 11.2 Å². The third kappa shape index (κ3) is 4.87. The van der Waals surface area contributed by atoms with E-state index in [9.17, 15) is 9.18 Å². The number of aromatic nitrogens is 1. The summed E-state index contributed by atoms with van der Waals surface area (Å²) >= 11 is 0.